The highest BCUT2D eigenvalue weighted by Gasteiger charge is 2.36. The molecule has 2 rings (SSSR count). The van der Waals surface area contributed by atoms with Crippen LogP contribution in [0.5, 0.6) is 0 Å². The molecule has 0 atom stereocenters. The van der Waals surface area contributed by atoms with Crippen LogP contribution in [-0.4, -0.2) is 0 Å². The molecule has 0 aromatic heterocycles. The van der Waals surface area contributed by atoms with Gasteiger partial charge in [-0.15, -0.1) is 0 Å². The Morgan fingerprint density at radius 1 is 1.24 bits per heavy atom. The largest absolute Gasteiger partial charge is 0.321 e. The standard InChI is InChI=1S/C14H19F2N/c1-2-10-6-8-14(17,9-7-10)13-11(15)4-3-5-12(13)16/h3-5,10H,2,6-9,17H2,1H3. The maximum absolute atomic E-state index is 13.7. The van der Waals surface area contributed by atoms with E-state index in [4.69, 9.17) is 5.73 Å². The summed E-state index contributed by atoms with van der Waals surface area (Å²) < 4.78 is 27.5. The second kappa shape index (κ2) is 4.73. The van der Waals surface area contributed by atoms with Gasteiger partial charge < -0.3 is 5.73 Å². The van der Waals surface area contributed by atoms with Gasteiger partial charge in [0.05, 0.1) is 0 Å². The van der Waals surface area contributed by atoms with Gasteiger partial charge in [-0.05, 0) is 43.7 Å². The summed E-state index contributed by atoms with van der Waals surface area (Å²) in [6, 6.07) is 3.97. The molecule has 1 aromatic carbocycles. The molecule has 17 heavy (non-hydrogen) atoms. The van der Waals surface area contributed by atoms with Crippen molar-refractivity contribution in [3.8, 4) is 0 Å². The van der Waals surface area contributed by atoms with E-state index in [-0.39, 0.29) is 5.56 Å². The summed E-state index contributed by atoms with van der Waals surface area (Å²) >= 11 is 0. The fourth-order valence-corrected chi connectivity index (χ4v) is 2.82. The molecule has 1 aromatic rings. The van der Waals surface area contributed by atoms with Crippen LogP contribution in [0.3, 0.4) is 0 Å². The first kappa shape index (κ1) is 12.5. The molecule has 1 saturated carbocycles. The average molecular weight is 239 g/mol. The van der Waals surface area contributed by atoms with Crippen molar-refractivity contribution >= 4 is 0 Å². The lowest BCUT2D eigenvalue weighted by Crippen LogP contribution is -2.42. The molecule has 1 fully saturated rings. The van der Waals surface area contributed by atoms with Crippen LogP contribution in [0.15, 0.2) is 18.2 Å². The normalized spacial score (nSPS) is 29.3. The minimum atomic E-state index is -0.818. The minimum absolute atomic E-state index is 0.0783. The van der Waals surface area contributed by atoms with Crippen molar-refractivity contribution in [2.45, 2.75) is 44.6 Å². The van der Waals surface area contributed by atoms with Gasteiger partial charge in [-0.25, -0.2) is 8.78 Å². The highest BCUT2D eigenvalue weighted by atomic mass is 19.1. The molecule has 0 unspecified atom stereocenters. The first-order valence-corrected chi connectivity index (χ1v) is 6.30. The van der Waals surface area contributed by atoms with Crippen LogP contribution >= 0.6 is 0 Å². The first-order chi connectivity index (χ1) is 8.07. The number of halogens is 2. The summed E-state index contributed by atoms with van der Waals surface area (Å²) in [7, 11) is 0. The molecule has 94 valence electrons. The van der Waals surface area contributed by atoms with Gasteiger partial charge in [0, 0.05) is 11.1 Å². The summed E-state index contributed by atoms with van der Waals surface area (Å²) in [4.78, 5) is 0. The van der Waals surface area contributed by atoms with Crippen molar-refractivity contribution in [3.63, 3.8) is 0 Å². The van der Waals surface area contributed by atoms with Gasteiger partial charge in [-0.1, -0.05) is 19.4 Å². The van der Waals surface area contributed by atoms with E-state index in [0.717, 1.165) is 19.3 Å². The van der Waals surface area contributed by atoms with Crippen LogP contribution < -0.4 is 5.73 Å². The third-order valence-electron chi connectivity index (χ3n) is 4.04. The molecule has 3 heteroatoms. The number of hydrogen-bond acceptors (Lipinski definition) is 1. The second-order valence-corrected chi connectivity index (χ2v) is 5.10. The van der Waals surface area contributed by atoms with Gasteiger partial charge >= 0.3 is 0 Å². The fourth-order valence-electron chi connectivity index (χ4n) is 2.82. The molecule has 0 bridgehead atoms. The number of benzene rings is 1. The third-order valence-corrected chi connectivity index (χ3v) is 4.04. The van der Waals surface area contributed by atoms with E-state index in [1.807, 2.05) is 0 Å². The van der Waals surface area contributed by atoms with Crippen LogP contribution in [0.4, 0.5) is 8.78 Å². The molecule has 1 aliphatic carbocycles. The maximum Gasteiger partial charge on any atom is 0.131 e. The maximum atomic E-state index is 13.7. The Hall–Kier alpha value is -0.960. The lowest BCUT2D eigenvalue weighted by atomic mass is 9.72. The topological polar surface area (TPSA) is 26.0 Å². The molecule has 0 heterocycles. The van der Waals surface area contributed by atoms with Gasteiger partial charge in [-0.3, -0.25) is 0 Å². The molecule has 1 nitrogen and oxygen atoms in total. The summed E-state index contributed by atoms with van der Waals surface area (Å²) in [6.45, 7) is 2.15. The lowest BCUT2D eigenvalue weighted by molar-refractivity contribution is 0.221. The Morgan fingerprint density at radius 3 is 2.24 bits per heavy atom. The second-order valence-electron chi connectivity index (χ2n) is 5.10. The van der Waals surface area contributed by atoms with E-state index >= 15 is 0 Å². The van der Waals surface area contributed by atoms with Gasteiger partial charge in [0.15, 0.2) is 0 Å². The van der Waals surface area contributed by atoms with E-state index in [1.165, 1.54) is 18.2 Å². The van der Waals surface area contributed by atoms with Crippen LogP contribution in [0, 0.1) is 17.6 Å². The molecule has 2 N–H and O–H groups in total. The summed E-state index contributed by atoms with van der Waals surface area (Å²) in [6.07, 6.45) is 4.38. The number of nitrogens with two attached hydrogens (primary N) is 1. The van der Waals surface area contributed by atoms with Crippen LogP contribution in [0.1, 0.15) is 44.6 Å². The predicted molar refractivity (Wildman–Crippen MR) is 64.5 cm³/mol. The van der Waals surface area contributed by atoms with Crippen molar-refractivity contribution < 1.29 is 8.78 Å². The van der Waals surface area contributed by atoms with Crippen molar-refractivity contribution in [2.24, 2.45) is 11.7 Å². The molecule has 0 amide bonds. The Morgan fingerprint density at radius 2 is 1.76 bits per heavy atom. The highest BCUT2D eigenvalue weighted by molar-refractivity contribution is 5.28. The Labute approximate surface area is 101 Å². The summed E-state index contributed by atoms with van der Waals surface area (Å²) in [5.74, 6) is -0.369. The Kier molecular flexibility index (Phi) is 3.48. The molecule has 0 radical (unpaired) electrons. The van der Waals surface area contributed by atoms with Crippen molar-refractivity contribution in [1.82, 2.24) is 0 Å². The molecular weight excluding hydrogens is 220 g/mol. The fraction of sp³-hybridized carbons (Fsp3) is 0.571. The van der Waals surface area contributed by atoms with Crippen molar-refractivity contribution in [2.75, 3.05) is 0 Å². The predicted octanol–water partition coefficient (Wildman–Crippen LogP) is 3.72. The average Bonchev–Trinajstić information content (AvgIpc) is 2.29. The summed E-state index contributed by atoms with van der Waals surface area (Å²) in [5.41, 5.74) is 5.48. The monoisotopic (exact) mass is 239 g/mol. The SMILES string of the molecule is CCC1CCC(N)(c2c(F)cccc2F)CC1. The number of hydrogen-bond donors (Lipinski definition) is 1. The van der Waals surface area contributed by atoms with Gasteiger partial charge in [-0.2, -0.15) is 0 Å². The van der Waals surface area contributed by atoms with Gasteiger partial charge in [0.1, 0.15) is 11.6 Å². The van der Waals surface area contributed by atoms with Crippen LogP contribution in [0.2, 0.25) is 0 Å². The molecular formula is C14H19F2N. The molecule has 0 spiro atoms. The van der Waals surface area contributed by atoms with Crippen molar-refractivity contribution in [1.29, 1.82) is 0 Å². The molecule has 0 aliphatic heterocycles. The third kappa shape index (κ3) is 2.34. The van der Waals surface area contributed by atoms with Gasteiger partial charge in [0.25, 0.3) is 0 Å². The summed E-state index contributed by atoms with van der Waals surface area (Å²) in [5, 5.41) is 0. The van der Waals surface area contributed by atoms with Crippen LogP contribution in [-0.2, 0) is 5.54 Å². The van der Waals surface area contributed by atoms with Gasteiger partial charge in [0.2, 0.25) is 0 Å². The Bertz CT molecular complexity index is 375. The van der Waals surface area contributed by atoms with E-state index in [9.17, 15) is 8.78 Å². The van der Waals surface area contributed by atoms with E-state index in [1.54, 1.807) is 0 Å². The quantitative estimate of drug-likeness (QED) is 0.836. The molecule has 1 aliphatic rings. The first-order valence-electron chi connectivity index (χ1n) is 6.30. The lowest BCUT2D eigenvalue weighted by Gasteiger charge is -2.37. The Balaban J connectivity index is 2.27. The minimum Gasteiger partial charge on any atom is -0.321 e. The zero-order valence-corrected chi connectivity index (χ0v) is 10.2. The zero-order valence-electron chi connectivity index (χ0n) is 10.2. The zero-order chi connectivity index (χ0) is 12.5. The van der Waals surface area contributed by atoms with Crippen LogP contribution in [0.25, 0.3) is 0 Å². The number of rotatable bonds is 2. The van der Waals surface area contributed by atoms with Crippen molar-refractivity contribution in [3.05, 3.63) is 35.4 Å². The van der Waals surface area contributed by atoms with E-state index in [0.29, 0.717) is 18.8 Å². The highest BCUT2D eigenvalue weighted by Crippen LogP contribution is 2.40. The van der Waals surface area contributed by atoms with E-state index < -0.39 is 17.2 Å². The molecule has 0 saturated heterocycles. The smallest absolute Gasteiger partial charge is 0.131 e. The van der Waals surface area contributed by atoms with E-state index in [2.05, 4.69) is 6.92 Å².